The maximum absolute atomic E-state index is 11.4. The highest BCUT2D eigenvalue weighted by Crippen LogP contribution is 2.27. The molecule has 2 aromatic rings. The molecule has 6 heteroatoms. The number of fused-ring (bicyclic) bond motifs is 1. The van der Waals surface area contributed by atoms with Crippen LogP contribution in [0.25, 0.3) is 15.9 Å². The van der Waals surface area contributed by atoms with E-state index in [2.05, 4.69) is 15.0 Å². The van der Waals surface area contributed by atoms with Crippen LogP contribution in [0.5, 0.6) is 0 Å². The Balaban J connectivity index is 2.01. The van der Waals surface area contributed by atoms with E-state index in [1.807, 2.05) is 42.5 Å². The number of rotatable bonds is 2. The van der Waals surface area contributed by atoms with Gasteiger partial charge in [0, 0.05) is 19.5 Å². The van der Waals surface area contributed by atoms with Crippen molar-refractivity contribution in [1.29, 1.82) is 0 Å². The minimum absolute atomic E-state index is 0.0603. The van der Waals surface area contributed by atoms with E-state index in [0.29, 0.717) is 16.5 Å². The van der Waals surface area contributed by atoms with Gasteiger partial charge in [-0.15, -0.1) is 0 Å². The molecule has 0 saturated carbocycles. The topological polar surface area (TPSA) is 59.0 Å². The summed E-state index contributed by atoms with van der Waals surface area (Å²) in [6.45, 7) is 1.51. The Morgan fingerprint density at radius 3 is 2.73 bits per heavy atom. The molecule has 0 radical (unpaired) electrons. The first-order valence-electron chi connectivity index (χ1n) is 6.75. The summed E-state index contributed by atoms with van der Waals surface area (Å²) in [6, 6.07) is 0. The highest BCUT2D eigenvalue weighted by atomic mass is 32.1. The predicted octanol–water partition coefficient (Wildman–Crippen LogP) is 3.13. The molecular weight excluding hydrogens is 296 g/mol. The van der Waals surface area contributed by atoms with Crippen LogP contribution >= 0.6 is 11.3 Å². The lowest BCUT2D eigenvalue weighted by Crippen LogP contribution is -2.22. The van der Waals surface area contributed by atoms with E-state index in [9.17, 15) is 4.79 Å². The van der Waals surface area contributed by atoms with Crippen molar-refractivity contribution < 1.29 is 4.79 Å². The van der Waals surface area contributed by atoms with E-state index in [1.165, 1.54) is 23.2 Å². The Morgan fingerprint density at radius 2 is 1.91 bits per heavy atom. The van der Waals surface area contributed by atoms with Gasteiger partial charge < -0.3 is 0 Å². The third-order valence-electron chi connectivity index (χ3n) is 3.15. The van der Waals surface area contributed by atoms with Crippen LogP contribution in [0.2, 0.25) is 0 Å². The van der Waals surface area contributed by atoms with Crippen molar-refractivity contribution in [2.45, 2.75) is 6.92 Å². The van der Waals surface area contributed by atoms with Crippen LogP contribution in [-0.2, 0) is 4.79 Å². The van der Waals surface area contributed by atoms with Crippen molar-refractivity contribution in [2.75, 3.05) is 11.9 Å². The first kappa shape index (κ1) is 14.3. The van der Waals surface area contributed by atoms with Crippen LogP contribution in [-0.4, -0.2) is 27.9 Å². The summed E-state index contributed by atoms with van der Waals surface area (Å²) in [5.74, 6) is 0.583. The smallest absolute Gasteiger partial charge is 0.225 e. The molecule has 110 valence electrons. The van der Waals surface area contributed by atoms with Gasteiger partial charge in [-0.25, -0.2) is 15.0 Å². The highest BCUT2D eigenvalue weighted by molar-refractivity contribution is 7.22. The monoisotopic (exact) mass is 310 g/mol. The first-order chi connectivity index (χ1) is 10.6. The predicted molar refractivity (Wildman–Crippen MR) is 89.7 cm³/mol. The van der Waals surface area contributed by atoms with E-state index >= 15 is 0 Å². The summed E-state index contributed by atoms with van der Waals surface area (Å²) in [5, 5.41) is 0.624. The lowest BCUT2D eigenvalue weighted by Gasteiger charge is -2.08. The molecule has 3 rings (SSSR count). The Hall–Kier alpha value is -2.60. The number of aromatic nitrogens is 3. The van der Waals surface area contributed by atoms with Crippen LogP contribution in [0.3, 0.4) is 0 Å². The fourth-order valence-corrected chi connectivity index (χ4v) is 2.77. The average Bonchev–Trinajstić information content (AvgIpc) is 2.88. The molecule has 22 heavy (non-hydrogen) atoms. The number of carbonyl (C=O) groups is 1. The molecule has 5 nitrogen and oxygen atoms in total. The standard InChI is InChI=1S/C16H14N4OS/c1-11(21)20(2)16-18-13-10-17-14(19-15(13)22-16)12-8-6-4-3-5-7-9-12/h3-10H,1-2H3. The van der Waals surface area contributed by atoms with Gasteiger partial charge in [0.2, 0.25) is 5.91 Å². The molecule has 2 aromatic heterocycles. The molecule has 0 aliphatic heterocycles. The van der Waals surface area contributed by atoms with Crippen molar-refractivity contribution in [3.8, 4) is 0 Å². The normalized spacial score (nSPS) is 13.8. The number of hydrogen-bond acceptors (Lipinski definition) is 5. The molecule has 0 unspecified atom stereocenters. The van der Waals surface area contributed by atoms with Gasteiger partial charge in [-0.3, -0.25) is 9.69 Å². The number of amides is 1. The van der Waals surface area contributed by atoms with Gasteiger partial charge in [-0.1, -0.05) is 53.9 Å². The molecule has 0 saturated heterocycles. The summed E-state index contributed by atoms with van der Waals surface area (Å²) < 4.78 is 0. The van der Waals surface area contributed by atoms with Crippen LogP contribution in [0.1, 0.15) is 12.7 Å². The van der Waals surface area contributed by atoms with Crippen molar-refractivity contribution in [3.63, 3.8) is 0 Å². The molecule has 1 aliphatic rings. The van der Waals surface area contributed by atoms with Gasteiger partial charge in [0.1, 0.15) is 10.3 Å². The van der Waals surface area contributed by atoms with Gasteiger partial charge in [0.25, 0.3) is 0 Å². The second kappa shape index (κ2) is 6.03. The quantitative estimate of drug-likeness (QED) is 0.855. The third-order valence-corrected chi connectivity index (χ3v) is 4.19. The van der Waals surface area contributed by atoms with Crippen LogP contribution in [0.15, 0.2) is 48.7 Å². The lowest BCUT2D eigenvalue weighted by molar-refractivity contribution is -0.116. The number of allylic oxidation sites excluding steroid dienone is 8. The molecule has 0 atom stereocenters. The van der Waals surface area contributed by atoms with E-state index in [4.69, 9.17) is 0 Å². The Labute approximate surface area is 132 Å². The van der Waals surface area contributed by atoms with Crippen molar-refractivity contribution in [2.24, 2.45) is 0 Å². The summed E-state index contributed by atoms with van der Waals surface area (Å²) >= 11 is 1.38. The van der Waals surface area contributed by atoms with E-state index in [1.54, 1.807) is 13.2 Å². The summed E-state index contributed by atoms with van der Waals surface area (Å²) in [6.07, 6.45) is 15.4. The first-order valence-corrected chi connectivity index (χ1v) is 7.57. The Bertz CT molecular complexity index is 845. The number of thiazole rings is 1. The maximum Gasteiger partial charge on any atom is 0.225 e. The fraction of sp³-hybridized carbons (Fsp3) is 0.125. The lowest BCUT2D eigenvalue weighted by atomic mass is 10.1. The zero-order valence-electron chi connectivity index (χ0n) is 12.2. The Morgan fingerprint density at radius 1 is 1.14 bits per heavy atom. The van der Waals surface area contributed by atoms with E-state index < -0.39 is 0 Å². The molecule has 0 spiro atoms. The maximum atomic E-state index is 11.4. The largest absolute Gasteiger partial charge is 0.291 e. The molecule has 0 fully saturated rings. The second-order valence-electron chi connectivity index (χ2n) is 4.71. The highest BCUT2D eigenvalue weighted by Gasteiger charge is 2.13. The van der Waals surface area contributed by atoms with E-state index in [0.717, 1.165) is 10.4 Å². The van der Waals surface area contributed by atoms with Crippen molar-refractivity contribution in [1.82, 2.24) is 15.0 Å². The van der Waals surface area contributed by atoms with Crippen LogP contribution in [0, 0.1) is 0 Å². The SMILES string of the molecule is CC(=O)N(C)c1nc2cnc(C3=CC=CC=CC=C3)nc2s1. The van der Waals surface area contributed by atoms with Gasteiger partial charge in [0.15, 0.2) is 11.0 Å². The average molecular weight is 310 g/mol. The van der Waals surface area contributed by atoms with Gasteiger partial charge >= 0.3 is 0 Å². The molecule has 2 heterocycles. The van der Waals surface area contributed by atoms with E-state index in [-0.39, 0.29) is 5.91 Å². The van der Waals surface area contributed by atoms with Gasteiger partial charge in [0.05, 0.1) is 6.20 Å². The van der Waals surface area contributed by atoms with Crippen molar-refractivity contribution >= 4 is 38.3 Å². The van der Waals surface area contributed by atoms with Crippen LogP contribution in [0.4, 0.5) is 5.13 Å². The summed E-state index contributed by atoms with van der Waals surface area (Å²) in [4.78, 5) is 27.0. The number of carbonyl (C=O) groups excluding carboxylic acids is 1. The van der Waals surface area contributed by atoms with Gasteiger partial charge in [-0.05, 0) is 0 Å². The molecule has 1 aliphatic carbocycles. The number of hydrogen-bond donors (Lipinski definition) is 0. The molecule has 0 bridgehead atoms. The third kappa shape index (κ3) is 2.87. The van der Waals surface area contributed by atoms with Crippen molar-refractivity contribution in [3.05, 3.63) is 54.6 Å². The minimum Gasteiger partial charge on any atom is -0.291 e. The number of nitrogens with zero attached hydrogens (tertiary/aromatic N) is 4. The Kier molecular flexibility index (Phi) is 3.93. The zero-order valence-corrected chi connectivity index (χ0v) is 13.0. The zero-order chi connectivity index (χ0) is 15.5. The fourth-order valence-electron chi connectivity index (χ4n) is 1.86. The molecule has 0 aromatic carbocycles. The summed E-state index contributed by atoms with van der Waals surface area (Å²) in [5.41, 5.74) is 1.63. The molecule has 1 amide bonds. The van der Waals surface area contributed by atoms with Crippen LogP contribution < -0.4 is 4.90 Å². The second-order valence-corrected chi connectivity index (χ2v) is 5.67. The molecular formula is C16H14N4OS. The number of anilines is 1. The minimum atomic E-state index is -0.0603. The van der Waals surface area contributed by atoms with Gasteiger partial charge in [-0.2, -0.15) is 0 Å². The summed E-state index contributed by atoms with van der Waals surface area (Å²) in [7, 11) is 1.70. The molecule has 0 N–H and O–H groups in total.